The molecular weight excluding hydrogens is 314 g/mol. The number of nitrogens with zero attached hydrogens (tertiary/aromatic N) is 1. The maximum absolute atomic E-state index is 11.5. The zero-order valence-electron chi connectivity index (χ0n) is 10.9. The molecule has 0 bridgehead atoms. The quantitative estimate of drug-likeness (QED) is 0.869. The number of rotatable bonds is 4. The minimum Gasteiger partial charge on any atom is -0.478 e. The van der Waals surface area contributed by atoms with Gasteiger partial charge in [-0.1, -0.05) is 23.4 Å². The lowest BCUT2D eigenvalue weighted by atomic mass is 10.2. The van der Waals surface area contributed by atoms with Crippen LogP contribution in [0.25, 0.3) is 0 Å². The predicted octanol–water partition coefficient (Wildman–Crippen LogP) is 3.37. The first kappa shape index (κ1) is 15.3. The van der Waals surface area contributed by atoms with E-state index in [0.717, 1.165) is 0 Å². The highest BCUT2D eigenvalue weighted by molar-refractivity contribution is 7.99. The molecular formula is C14H10ClNO4S. The summed E-state index contributed by atoms with van der Waals surface area (Å²) >= 11 is 7.04. The van der Waals surface area contributed by atoms with Crippen LogP contribution in [-0.2, 0) is 4.74 Å². The molecule has 0 aliphatic carbocycles. The summed E-state index contributed by atoms with van der Waals surface area (Å²) in [6, 6.07) is 7.78. The molecule has 2 aromatic rings. The number of hydrogen-bond acceptors (Lipinski definition) is 5. The van der Waals surface area contributed by atoms with Gasteiger partial charge in [0.1, 0.15) is 5.03 Å². The Bertz CT molecular complexity index is 705. The molecule has 21 heavy (non-hydrogen) atoms. The third-order valence-corrected chi connectivity index (χ3v) is 3.80. The van der Waals surface area contributed by atoms with Crippen LogP contribution in [0, 0.1) is 0 Å². The highest BCUT2D eigenvalue weighted by Gasteiger charge is 2.11. The second-order valence-corrected chi connectivity index (χ2v) is 5.42. The highest BCUT2D eigenvalue weighted by Crippen LogP contribution is 2.29. The van der Waals surface area contributed by atoms with E-state index in [1.54, 1.807) is 18.2 Å². The summed E-state index contributed by atoms with van der Waals surface area (Å²) in [5, 5.41) is 9.76. The van der Waals surface area contributed by atoms with Gasteiger partial charge in [0, 0.05) is 11.1 Å². The van der Waals surface area contributed by atoms with Crippen molar-refractivity contribution in [3.8, 4) is 0 Å². The molecule has 1 aromatic carbocycles. The SMILES string of the molecule is COC(=O)c1ccnc(Sc2ccc(Cl)c(C(=O)O)c2)c1. The average molecular weight is 324 g/mol. The summed E-state index contributed by atoms with van der Waals surface area (Å²) in [5.74, 6) is -1.56. The minimum atomic E-state index is -1.10. The Morgan fingerprint density at radius 2 is 2.05 bits per heavy atom. The maximum atomic E-state index is 11.5. The van der Waals surface area contributed by atoms with Gasteiger partial charge in [0.25, 0.3) is 0 Å². The fourth-order valence-corrected chi connectivity index (χ4v) is 2.61. The van der Waals surface area contributed by atoms with Gasteiger partial charge in [-0.25, -0.2) is 14.6 Å². The van der Waals surface area contributed by atoms with Gasteiger partial charge in [-0.2, -0.15) is 0 Å². The van der Waals surface area contributed by atoms with E-state index in [0.29, 0.717) is 15.5 Å². The van der Waals surface area contributed by atoms with Crippen LogP contribution in [0.4, 0.5) is 0 Å². The second-order valence-electron chi connectivity index (χ2n) is 3.92. The molecule has 0 radical (unpaired) electrons. The molecule has 2 rings (SSSR count). The molecule has 1 heterocycles. The van der Waals surface area contributed by atoms with Crippen LogP contribution >= 0.6 is 23.4 Å². The number of aromatic nitrogens is 1. The van der Waals surface area contributed by atoms with Crippen molar-refractivity contribution in [3.05, 3.63) is 52.7 Å². The van der Waals surface area contributed by atoms with Crippen molar-refractivity contribution in [2.75, 3.05) is 7.11 Å². The van der Waals surface area contributed by atoms with E-state index in [1.807, 2.05) is 0 Å². The molecule has 0 amide bonds. The van der Waals surface area contributed by atoms with Crippen LogP contribution in [0.2, 0.25) is 5.02 Å². The fourth-order valence-electron chi connectivity index (χ4n) is 1.56. The van der Waals surface area contributed by atoms with Crippen molar-refractivity contribution in [2.24, 2.45) is 0 Å². The normalized spacial score (nSPS) is 10.2. The lowest BCUT2D eigenvalue weighted by molar-refractivity contribution is 0.0599. The number of aromatic carboxylic acids is 1. The monoisotopic (exact) mass is 323 g/mol. The van der Waals surface area contributed by atoms with E-state index in [-0.39, 0.29) is 10.6 Å². The topological polar surface area (TPSA) is 76.5 Å². The van der Waals surface area contributed by atoms with Crippen molar-refractivity contribution in [1.82, 2.24) is 4.98 Å². The predicted molar refractivity (Wildman–Crippen MR) is 78.1 cm³/mol. The number of esters is 1. The number of ether oxygens (including phenoxy) is 1. The molecule has 0 spiro atoms. The Morgan fingerprint density at radius 1 is 1.29 bits per heavy atom. The van der Waals surface area contributed by atoms with Crippen LogP contribution in [0.3, 0.4) is 0 Å². The molecule has 0 saturated carbocycles. The highest BCUT2D eigenvalue weighted by atomic mass is 35.5. The van der Waals surface area contributed by atoms with E-state index in [4.69, 9.17) is 16.7 Å². The summed E-state index contributed by atoms with van der Waals surface area (Å²) in [4.78, 5) is 27.3. The molecule has 0 aliphatic heterocycles. The summed E-state index contributed by atoms with van der Waals surface area (Å²) in [5.41, 5.74) is 0.396. The third kappa shape index (κ3) is 3.74. The van der Waals surface area contributed by atoms with Crippen LogP contribution < -0.4 is 0 Å². The van der Waals surface area contributed by atoms with Gasteiger partial charge < -0.3 is 9.84 Å². The van der Waals surface area contributed by atoms with E-state index in [9.17, 15) is 9.59 Å². The Hall–Kier alpha value is -2.05. The Balaban J connectivity index is 2.28. The van der Waals surface area contributed by atoms with Crippen LogP contribution in [0.5, 0.6) is 0 Å². The number of carboxylic acids is 1. The molecule has 5 nitrogen and oxygen atoms in total. The molecule has 1 N–H and O–H groups in total. The molecule has 7 heteroatoms. The lowest BCUT2D eigenvalue weighted by Gasteiger charge is -2.05. The second kappa shape index (κ2) is 6.60. The first-order chi connectivity index (χ1) is 10.0. The van der Waals surface area contributed by atoms with Gasteiger partial charge in [-0.15, -0.1) is 0 Å². The lowest BCUT2D eigenvalue weighted by Crippen LogP contribution is -2.01. The Labute approximate surface area is 129 Å². The number of methoxy groups -OCH3 is 1. The Kier molecular flexibility index (Phi) is 4.82. The van der Waals surface area contributed by atoms with Crippen LogP contribution in [-0.4, -0.2) is 29.1 Å². The standard InChI is InChI=1S/C14H10ClNO4S/c1-20-14(19)8-4-5-16-12(6-8)21-9-2-3-11(15)10(7-9)13(17)18/h2-7H,1H3,(H,17,18). The zero-order chi connectivity index (χ0) is 15.4. The van der Waals surface area contributed by atoms with Crippen molar-refractivity contribution in [3.63, 3.8) is 0 Å². The molecule has 1 aromatic heterocycles. The van der Waals surface area contributed by atoms with Crippen molar-refractivity contribution >= 4 is 35.3 Å². The van der Waals surface area contributed by atoms with Gasteiger partial charge in [-0.3, -0.25) is 0 Å². The number of carboxylic acid groups (broad SMARTS) is 1. The summed E-state index contributed by atoms with van der Waals surface area (Å²) in [6.45, 7) is 0. The van der Waals surface area contributed by atoms with E-state index in [1.165, 1.54) is 37.2 Å². The van der Waals surface area contributed by atoms with Crippen LogP contribution in [0.1, 0.15) is 20.7 Å². The Morgan fingerprint density at radius 3 is 2.71 bits per heavy atom. The number of carbonyl (C=O) groups excluding carboxylic acids is 1. The number of halogens is 1. The fraction of sp³-hybridized carbons (Fsp3) is 0.0714. The third-order valence-electron chi connectivity index (χ3n) is 2.55. The zero-order valence-corrected chi connectivity index (χ0v) is 12.4. The van der Waals surface area contributed by atoms with E-state index >= 15 is 0 Å². The number of pyridine rings is 1. The molecule has 0 fully saturated rings. The van der Waals surface area contributed by atoms with Crippen molar-refractivity contribution in [1.29, 1.82) is 0 Å². The van der Waals surface area contributed by atoms with Crippen molar-refractivity contribution in [2.45, 2.75) is 9.92 Å². The van der Waals surface area contributed by atoms with E-state index in [2.05, 4.69) is 9.72 Å². The largest absolute Gasteiger partial charge is 0.478 e. The van der Waals surface area contributed by atoms with Gasteiger partial charge in [0.15, 0.2) is 0 Å². The molecule has 0 unspecified atom stereocenters. The van der Waals surface area contributed by atoms with E-state index < -0.39 is 11.9 Å². The van der Waals surface area contributed by atoms with Gasteiger partial charge in [0.05, 0.1) is 23.3 Å². The minimum absolute atomic E-state index is 0.0192. The van der Waals surface area contributed by atoms with Gasteiger partial charge >= 0.3 is 11.9 Å². The van der Waals surface area contributed by atoms with Crippen molar-refractivity contribution < 1.29 is 19.4 Å². The smallest absolute Gasteiger partial charge is 0.337 e. The molecule has 0 aliphatic rings. The molecule has 0 saturated heterocycles. The summed E-state index contributed by atoms with van der Waals surface area (Å²) in [6.07, 6.45) is 1.49. The van der Waals surface area contributed by atoms with Crippen LogP contribution in [0.15, 0.2) is 46.5 Å². The molecule has 108 valence electrons. The maximum Gasteiger partial charge on any atom is 0.337 e. The first-order valence-corrected chi connectivity index (χ1v) is 6.96. The summed E-state index contributed by atoms with van der Waals surface area (Å²) in [7, 11) is 1.30. The van der Waals surface area contributed by atoms with Gasteiger partial charge in [0.2, 0.25) is 0 Å². The number of benzene rings is 1. The summed E-state index contributed by atoms with van der Waals surface area (Å²) < 4.78 is 4.64. The number of hydrogen-bond donors (Lipinski definition) is 1. The first-order valence-electron chi connectivity index (χ1n) is 5.76. The van der Waals surface area contributed by atoms with Gasteiger partial charge in [-0.05, 0) is 30.3 Å². The molecule has 0 atom stereocenters. The number of carbonyl (C=O) groups is 2. The average Bonchev–Trinajstić information content (AvgIpc) is 2.48.